The summed E-state index contributed by atoms with van der Waals surface area (Å²) in [4.78, 5) is 13.5. The van der Waals surface area contributed by atoms with Crippen molar-refractivity contribution in [2.24, 2.45) is 11.1 Å². The zero-order chi connectivity index (χ0) is 20.0. The summed E-state index contributed by atoms with van der Waals surface area (Å²) in [6.45, 7) is 1.97. The first-order valence-corrected chi connectivity index (χ1v) is 11.6. The number of nitrogens with two attached hydrogens (primary N) is 1. The maximum absolute atomic E-state index is 6.45. The Morgan fingerprint density at radius 3 is 2.55 bits per heavy atom. The van der Waals surface area contributed by atoms with Crippen LogP contribution in [0.15, 0.2) is 46.6 Å². The second-order valence-electron chi connectivity index (χ2n) is 8.04. The molecule has 1 aliphatic carbocycles. The number of imidazole rings is 1. The molecule has 1 spiro atoms. The highest BCUT2D eigenvalue weighted by atomic mass is 35.5. The molecule has 2 N–H and O–H groups in total. The quantitative estimate of drug-likeness (QED) is 0.591. The van der Waals surface area contributed by atoms with Crippen LogP contribution >= 0.6 is 35.0 Å². The Morgan fingerprint density at radius 1 is 1.10 bits per heavy atom. The maximum Gasteiger partial charge on any atom is 0.211 e. The minimum absolute atomic E-state index is 0.334. The second-order valence-corrected chi connectivity index (χ2v) is 9.91. The van der Waals surface area contributed by atoms with Crippen molar-refractivity contribution in [1.82, 2.24) is 14.4 Å². The number of hydrogen-bond acceptors (Lipinski definition) is 5. The van der Waals surface area contributed by atoms with E-state index in [1.807, 2.05) is 36.8 Å². The number of aromatic nitrogens is 3. The molecule has 5 nitrogen and oxygen atoms in total. The van der Waals surface area contributed by atoms with E-state index in [2.05, 4.69) is 14.3 Å². The molecule has 0 radical (unpaired) electrons. The normalized spacial score (nSPS) is 21.3. The SMILES string of the molecule is N[C@@H]1CCCC12CCN(c1ncc(Sc3c(Cl)cccc3Cl)c3nccn13)CC2. The van der Waals surface area contributed by atoms with Gasteiger partial charge in [0.05, 0.1) is 14.9 Å². The van der Waals surface area contributed by atoms with Gasteiger partial charge in [-0.15, -0.1) is 0 Å². The van der Waals surface area contributed by atoms with Gasteiger partial charge in [0, 0.05) is 42.6 Å². The number of benzene rings is 1. The van der Waals surface area contributed by atoms with Crippen molar-refractivity contribution in [2.45, 2.75) is 47.9 Å². The van der Waals surface area contributed by atoms with Crippen LogP contribution in [0, 0.1) is 5.41 Å². The molecule has 29 heavy (non-hydrogen) atoms. The van der Waals surface area contributed by atoms with Gasteiger partial charge in [-0.3, -0.25) is 4.40 Å². The zero-order valence-corrected chi connectivity index (χ0v) is 18.3. The zero-order valence-electron chi connectivity index (χ0n) is 16.0. The number of halogens is 2. The van der Waals surface area contributed by atoms with E-state index in [0.717, 1.165) is 47.3 Å². The van der Waals surface area contributed by atoms with Crippen LogP contribution in [0.1, 0.15) is 32.1 Å². The van der Waals surface area contributed by atoms with Gasteiger partial charge in [-0.25, -0.2) is 9.97 Å². The Hall–Kier alpha value is -1.47. The van der Waals surface area contributed by atoms with Crippen molar-refractivity contribution < 1.29 is 0 Å². The molecule has 1 saturated heterocycles. The molecule has 8 heteroatoms. The largest absolute Gasteiger partial charge is 0.342 e. The van der Waals surface area contributed by atoms with E-state index in [0.29, 0.717) is 21.5 Å². The third kappa shape index (κ3) is 3.40. The van der Waals surface area contributed by atoms with Crippen molar-refractivity contribution >= 4 is 46.6 Å². The molecule has 0 amide bonds. The van der Waals surface area contributed by atoms with Crippen molar-refractivity contribution in [3.63, 3.8) is 0 Å². The van der Waals surface area contributed by atoms with Crippen LogP contribution in [-0.4, -0.2) is 33.5 Å². The third-order valence-electron chi connectivity index (χ3n) is 6.52. The number of piperidine rings is 1. The van der Waals surface area contributed by atoms with E-state index < -0.39 is 0 Å². The van der Waals surface area contributed by atoms with Gasteiger partial charge in [-0.2, -0.15) is 0 Å². The molecule has 2 aromatic heterocycles. The lowest BCUT2D eigenvalue weighted by atomic mass is 9.74. The molecule has 2 aliphatic rings. The standard InChI is InChI=1S/C21H23Cl2N5S/c22-14-3-1-4-15(23)18(14)29-16-13-26-20(28-12-9-25-19(16)28)27-10-7-21(8-11-27)6-2-5-17(21)24/h1,3-4,9,12-13,17H,2,5-8,10-11,24H2/t17-/m1/s1. The topological polar surface area (TPSA) is 59.5 Å². The van der Waals surface area contributed by atoms with Gasteiger partial charge >= 0.3 is 0 Å². The van der Waals surface area contributed by atoms with Crippen LogP contribution in [0.2, 0.25) is 10.0 Å². The number of fused-ring (bicyclic) bond motifs is 1. The van der Waals surface area contributed by atoms with E-state index in [4.69, 9.17) is 33.9 Å². The van der Waals surface area contributed by atoms with Crippen LogP contribution in [0.3, 0.4) is 0 Å². The van der Waals surface area contributed by atoms with Gasteiger partial charge in [0.25, 0.3) is 0 Å². The van der Waals surface area contributed by atoms with E-state index in [1.165, 1.54) is 31.0 Å². The lowest BCUT2D eigenvalue weighted by Crippen LogP contribution is -2.47. The van der Waals surface area contributed by atoms with Crippen LogP contribution in [0.4, 0.5) is 5.95 Å². The lowest BCUT2D eigenvalue weighted by Gasteiger charge is -2.42. The van der Waals surface area contributed by atoms with Crippen LogP contribution in [0.5, 0.6) is 0 Å². The average Bonchev–Trinajstić information content (AvgIpc) is 3.34. The van der Waals surface area contributed by atoms with Gasteiger partial charge in [0.2, 0.25) is 5.95 Å². The smallest absolute Gasteiger partial charge is 0.211 e. The van der Waals surface area contributed by atoms with Crippen LogP contribution < -0.4 is 10.6 Å². The number of hydrogen-bond donors (Lipinski definition) is 1. The summed E-state index contributed by atoms with van der Waals surface area (Å²) in [6.07, 6.45) is 11.6. The Morgan fingerprint density at radius 2 is 1.86 bits per heavy atom. The fourth-order valence-corrected chi connectivity index (χ4v) is 6.35. The summed E-state index contributed by atoms with van der Waals surface area (Å²) >= 11 is 14.2. The lowest BCUT2D eigenvalue weighted by molar-refractivity contribution is 0.197. The molecule has 0 bridgehead atoms. The van der Waals surface area contributed by atoms with E-state index >= 15 is 0 Å². The molecule has 2 fully saturated rings. The second kappa shape index (κ2) is 7.65. The first-order valence-electron chi connectivity index (χ1n) is 10.0. The predicted octanol–water partition coefficient (Wildman–Crippen LogP) is 5.29. The summed E-state index contributed by atoms with van der Waals surface area (Å²) in [5.74, 6) is 0.938. The molecular weight excluding hydrogens is 425 g/mol. The Bertz CT molecular complexity index is 1020. The molecule has 3 aromatic rings. The van der Waals surface area contributed by atoms with Crippen molar-refractivity contribution in [2.75, 3.05) is 18.0 Å². The predicted molar refractivity (Wildman–Crippen MR) is 119 cm³/mol. The highest BCUT2D eigenvalue weighted by molar-refractivity contribution is 7.99. The van der Waals surface area contributed by atoms with Gasteiger partial charge in [-0.1, -0.05) is 47.5 Å². The van der Waals surface area contributed by atoms with Gasteiger partial charge in [0.1, 0.15) is 0 Å². The van der Waals surface area contributed by atoms with Gasteiger partial charge in [0.15, 0.2) is 5.65 Å². The van der Waals surface area contributed by atoms with Gasteiger partial charge in [-0.05, 0) is 43.2 Å². The Kier molecular flexibility index (Phi) is 5.14. The Labute approximate surface area is 184 Å². The minimum atomic E-state index is 0.334. The third-order valence-corrected chi connectivity index (χ3v) is 8.53. The fourth-order valence-electron chi connectivity index (χ4n) is 4.82. The summed E-state index contributed by atoms with van der Waals surface area (Å²) in [5.41, 5.74) is 7.65. The number of anilines is 1. The molecule has 5 rings (SSSR count). The summed E-state index contributed by atoms with van der Waals surface area (Å²) < 4.78 is 2.07. The molecule has 3 heterocycles. The first-order chi connectivity index (χ1) is 14.1. The molecule has 0 unspecified atom stereocenters. The molecule has 1 aromatic carbocycles. The van der Waals surface area contributed by atoms with Crippen LogP contribution in [0.25, 0.3) is 5.65 Å². The number of nitrogens with zero attached hydrogens (tertiary/aromatic N) is 4. The van der Waals surface area contributed by atoms with Gasteiger partial charge < -0.3 is 10.6 Å². The minimum Gasteiger partial charge on any atom is -0.342 e. The van der Waals surface area contributed by atoms with Crippen molar-refractivity contribution in [1.29, 1.82) is 0 Å². The molecule has 1 atom stereocenters. The molecule has 1 saturated carbocycles. The number of rotatable bonds is 3. The average molecular weight is 448 g/mol. The van der Waals surface area contributed by atoms with E-state index in [-0.39, 0.29) is 0 Å². The molecule has 152 valence electrons. The molecule has 1 aliphatic heterocycles. The summed E-state index contributed by atoms with van der Waals surface area (Å²) in [6, 6.07) is 5.89. The highest BCUT2D eigenvalue weighted by Gasteiger charge is 2.43. The summed E-state index contributed by atoms with van der Waals surface area (Å²) in [7, 11) is 0. The van der Waals surface area contributed by atoms with Crippen molar-refractivity contribution in [3.05, 3.63) is 46.8 Å². The Balaban J connectivity index is 1.43. The van der Waals surface area contributed by atoms with E-state index in [9.17, 15) is 0 Å². The summed E-state index contributed by atoms with van der Waals surface area (Å²) in [5, 5.41) is 1.26. The van der Waals surface area contributed by atoms with Crippen LogP contribution in [-0.2, 0) is 0 Å². The fraction of sp³-hybridized carbons (Fsp3) is 0.429. The highest BCUT2D eigenvalue weighted by Crippen LogP contribution is 2.46. The molecular formula is C21H23Cl2N5S. The monoisotopic (exact) mass is 447 g/mol. The van der Waals surface area contributed by atoms with Crippen molar-refractivity contribution in [3.8, 4) is 0 Å². The van der Waals surface area contributed by atoms with E-state index in [1.54, 1.807) is 0 Å². The first kappa shape index (κ1) is 19.5. The maximum atomic E-state index is 6.45.